The van der Waals surface area contributed by atoms with Gasteiger partial charge in [-0.2, -0.15) is 0 Å². The maximum atomic E-state index is 5.40. The molecule has 1 aliphatic heterocycles. The van der Waals surface area contributed by atoms with Crippen LogP contribution in [0.25, 0.3) is 0 Å². The Kier molecular flexibility index (Phi) is 4.29. The van der Waals surface area contributed by atoms with Crippen molar-refractivity contribution in [3.8, 4) is 11.5 Å². The molecule has 0 aromatic heterocycles. The Morgan fingerprint density at radius 2 is 2.00 bits per heavy atom. The van der Waals surface area contributed by atoms with Gasteiger partial charge in [-0.1, -0.05) is 29.3 Å². The van der Waals surface area contributed by atoms with Crippen LogP contribution >= 0.6 is 15.9 Å². The second-order valence-corrected chi connectivity index (χ2v) is 5.24. The van der Waals surface area contributed by atoms with Gasteiger partial charge in [0.15, 0.2) is 11.5 Å². The third-order valence-corrected chi connectivity index (χ3v) is 3.61. The van der Waals surface area contributed by atoms with Crippen LogP contribution in [0, 0.1) is 0 Å². The molecule has 0 fully saturated rings. The second kappa shape index (κ2) is 5.74. The van der Waals surface area contributed by atoms with Gasteiger partial charge in [-0.25, -0.2) is 0 Å². The molecule has 0 bridgehead atoms. The molecular formula is C13H18BrNO2. The number of ether oxygens (including phenoxy) is 2. The Bertz CT molecular complexity index is 395. The molecule has 0 spiro atoms. The predicted molar refractivity (Wildman–Crippen MR) is 71.5 cm³/mol. The van der Waals surface area contributed by atoms with E-state index in [9.17, 15) is 0 Å². The minimum atomic E-state index is 0.330. The van der Waals surface area contributed by atoms with Crippen molar-refractivity contribution in [2.24, 2.45) is 0 Å². The summed E-state index contributed by atoms with van der Waals surface area (Å²) in [5.74, 6) is 1.68. The molecule has 0 atom stereocenters. The van der Waals surface area contributed by atoms with Crippen molar-refractivity contribution >= 4 is 15.9 Å². The zero-order valence-electron chi connectivity index (χ0n) is 10.3. The van der Waals surface area contributed by atoms with Crippen LogP contribution in [0.5, 0.6) is 11.5 Å². The van der Waals surface area contributed by atoms with E-state index in [1.165, 1.54) is 18.4 Å². The molecule has 0 radical (unpaired) electrons. The molecule has 3 nitrogen and oxygen atoms in total. The van der Waals surface area contributed by atoms with Crippen LogP contribution in [0.15, 0.2) is 16.6 Å². The highest BCUT2D eigenvalue weighted by Crippen LogP contribution is 2.37. The number of unbranched alkanes of at least 4 members (excludes halogenated alkanes) is 1. The number of hydrogen-bond donors (Lipinski definition) is 0. The normalized spacial score (nSPS) is 13.4. The van der Waals surface area contributed by atoms with Crippen LogP contribution in [0.4, 0.5) is 0 Å². The first-order chi connectivity index (χ1) is 8.20. The van der Waals surface area contributed by atoms with Crippen molar-refractivity contribution in [2.75, 3.05) is 20.4 Å². The van der Waals surface area contributed by atoms with Crippen molar-refractivity contribution in [1.82, 2.24) is 4.90 Å². The lowest BCUT2D eigenvalue weighted by atomic mass is 10.2. The molecule has 4 heteroatoms. The molecule has 0 N–H and O–H groups in total. The van der Waals surface area contributed by atoms with Gasteiger partial charge in [0.2, 0.25) is 6.79 Å². The van der Waals surface area contributed by atoms with Crippen molar-refractivity contribution in [1.29, 1.82) is 0 Å². The minimum Gasteiger partial charge on any atom is -0.454 e. The summed E-state index contributed by atoms with van der Waals surface area (Å²) in [6.45, 7) is 4.59. The van der Waals surface area contributed by atoms with E-state index in [1.807, 2.05) is 6.07 Å². The third-order valence-electron chi connectivity index (χ3n) is 2.88. The van der Waals surface area contributed by atoms with Gasteiger partial charge in [0.25, 0.3) is 0 Å². The minimum absolute atomic E-state index is 0.330. The van der Waals surface area contributed by atoms with Gasteiger partial charge in [-0.05, 0) is 37.7 Å². The second-order valence-electron chi connectivity index (χ2n) is 4.39. The number of rotatable bonds is 5. The largest absolute Gasteiger partial charge is 0.454 e. The third kappa shape index (κ3) is 3.13. The fraction of sp³-hybridized carbons (Fsp3) is 0.538. The summed E-state index contributed by atoms with van der Waals surface area (Å²) in [4.78, 5) is 2.33. The molecule has 1 aliphatic rings. The number of benzene rings is 1. The molecule has 17 heavy (non-hydrogen) atoms. The maximum Gasteiger partial charge on any atom is 0.231 e. The van der Waals surface area contributed by atoms with Crippen molar-refractivity contribution in [3.63, 3.8) is 0 Å². The standard InChI is InChI=1S/C13H18BrNO2/c1-3-4-5-15(2)8-10-6-12-13(7-11(10)14)17-9-16-12/h6-7H,3-5,8-9H2,1-2H3. The molecular weight excluding hydrogens is 282 g/mol. The molecule has 0 aliphatic carbocycles. The van der Waals surface area contributed by atoms with Gasteiger partial charge in [0.05, 0.1) is 0 Å². The van der Waals surface area contributed by atoms with E-state index in [4.69, 9.17) is 9.47 Å². The lowest BCUT2D eigenvalue weighted by Crippen LogP contribution is -2.19. The van der Waals surface area contributed by atoms with E-state index in [1.54, 1.807) is 0 Å². The highest BCUT2D eigenvalue weighted by atomic mass is 79.9. The summed E-state index contributed by atoms with van der Waals surface area (Å²) >= 11 is 3.58. The zero-order valence-corrected chi connectivity index (χ0v) is 11.9. The van der Waals surface area contributed by atoms with Gasteiger partial charge in [0.1, 0.15) is 0 Å². The highest BCUT2D eigenvalue weighted by molar-refractivity contribution is 9.10. The first-order valence-electron chi connectivity index (χ1n) is 5.97. The van der Waals surface area contributed by atoms with Crippen molar-refractivity contribution in [3.05, 3.63) is 22.2 Å². The van der Waals surface area contributed by atoms with Gasteiger partial charge in [-0.3, -0.25) is 0 Å². The van der Waals surface area contributed by atoms with E-state index >= 15 is 0 Å². The van der Waals surface area contributed by atoms with Gasteiger partial charge >= 0.3 is 0 Å². The molecule has 0 unspecified atom stereocenters. The monoisotopic (exact) mass is 299 g/mol. The van der Waals surface area contributed by atoms with Crippen LogP contribution in [0.1, 0.15) is 25.3 Å². The number of hydrogen-bond acceptors (Lipinski definition) is 3. The average molecular weight is 300 g/mol. The van der Waals surface area contributed by atoms with E-state index < -0.39 is 0 Å². The average Bonchev–Trinajstić information content (AvgIpc) is 2.74. The topological polar surface area (TPSA) is 21.7 Å². The summed E-state index contributed by atoms with van der Waals surface area (Å²) in [5.41, 5.74) is 1.24. The fourth-order valence-corrected chi connectivity index (χ4v) is 2.33. The summed E-state index contributed by atoms with van der Waals surface area (Å²) < 4.78 is 11.8. The van der Waals surface area contributed by atoms with Crippen LogP contribution in [-0.2, 0) is 6.54 Å². The Labute approximate surface area is 111 Å². The van der Waals surface area contributed by atoms with Crippen molar-refractivity contribution < 1.29 is 9.47 Å². The molecule has 2 rings (SSSR count). The molecule has 0 amide bonds. The van der Waals surface area contributed by atoms with Gasteiger partial charge in [-0.15, -0.1) is 0 Å². The van der Waals surface area contributed by atoms with Crippen molar-refractivity contribution in [2.45, 2.75) is 26.3 Å². The summed E-state index contributed by atoms with van der Waals surface area (Å²) in [5, 5.41) is 0. The Balaban J connectivity index is 2.05. The zero-order chi connectivity index (χ0) is 12.3. The van der Waals surface area contributed by atoms with Gasteiger partial charge < -0.3 is 14.4 Å². The first-order valence-corrected chi connectivity index (χ1v) is 6.76. The van der Waals surface area contributed by atoms with E-state index in [0.29, 0.717) is 6.79 Å². The van der Waals surface area contributed by atoms with E-state index in [-0.39, 0.29) is 0 Å². The smallest absolute Gasteiger partial charge is 0.231 e. The molecule has 0 saturated heterocycles. The van der Waals surface area contributed by atoms with E-state index in [0.717, 1.165) is 29.1 Å². The summed E-state index contributed by atoms with van der Waals surface area (Å²) in [6.07, 6.45) is 2.46. The first kappa shape index (κ1) is 12.7. The quantitative estimate of drug-likeness (QED) is 0.832. The molecule has 1 aromatic carbocycles. The molecule has 1 heterocycles. The Hall–Kier alpha value is -0.740. The van der Waals surface area contributed by atoms with Crippen LogP contribution in [0.2, 0.25) is 0 Å². The van der Waals surface area contributed by atoms with Gasteiger partial charge in [0, 0.05) is 11.0 Å². The van der Waals surface area contributed by atoms with Crippen LogP contribution < -0.4 is 9.47 Å². The Morgan fingerprint density at radius 1 is 1.29 bits per heavy atom. The molecule has 0 saturated carbocycles. The number of nitrogens with zero attached hydrogens (tertiary/aromatic N) is 1. The maximum absolute atomic E-state index is 5.40. The SMILES string of the molecule is CCCCN(C)Cc1cc2c(cc1Br)OCO2. The predicted octanol–water partition coefficient (Wildman–Crippen LogP) is 3.41. The number of fused-ring (bicyclic) bond motifs is 1. The number of halogens is 1. The lowest BCUT2D eigenvalue weighted by Gasteiger charge is -2.17. The molecule has 94 valence electrons. The molecule has 1 aromatic rings. The summed E-state index contributed by atoms with van der Waals surface area (Å²) in [7, 11) is 2.15. The van der Waals surface area contributed by atoms with Crippen LogP contribution in [0.3, 0.4) is 0 Å². The lowest BCUT2D eigenvalue weighted by molar-refractivity contribution is 0.174. The highest BCUT2D eigenvalue weighted by Gasteiger charge is 2.16. The van der Waals surface area contributed by atoms with Crippen LogP contribution in [-0.4, -0.2) is 25.3 Å². The summed E-state index contributed by atoms with van der Waals surface area (Å²) in [6, 6.07) is 4.06. The van der Waals surface area contributed by atoms with E-state index in [2.05, 4.69) is 40.9 Å². The fourth-order valence-electron chi connectivity index (χ4n) is 1.88. The Morgan fingerprint density at radius 3 is 2.71 bits per heavy atom.